The van der Waals surface area contributed by atoms with Crippen LogP contribution in [0.3, 0.4) is 0 Å². The molecule has 0 bridgehead atoms. The van der Waals surface area contributed by atoms with Crippen molar-refractivity contribution in [2.24, 2.45) is 0 Å². The van der Waals surface area contributed by atoms with E-state index in [1.807, 2.05) is 30.3 Å². The van der Waals surface area contributed by atoms with E-state index in [0.717, 1.165) is 4.47 Å². The Kier molecular flexibility index (Phi) is 5.81. The molecule has 0 aliphatic heterocycles. The average Bonchev–Trinajstić information content (AvgIpc) is 2.76. The summed E-state index contributed by atoms with van der Waals surface area (Å²) >= 11 is 3.38. The van der Waals surface area contributed by atoms with E-state index in [0.29, 0.717) is 28.2 Å². The van der Waals surface area contributed by atoms with Gasteiger partial charge < -0.3 is 19.2 Å². The molecule has 1 N–H and O–H groups in total. The Morgan fingerprint density at radius 2 is 1.73 bits per heavy atom. The topological polar surface area (TPSA) is 77.8 Å². The van der Waals surface area contributed by atoms with Crippen LogP contribution in [0.4, 0.5) is 5.69 Å². The molecule has 0 saturated heterocycles. The van der Waals surface area contributed by atoms with Gasteiger partial charge in [0.15, 0.2) is 6.61 Å². The monoisotopic (exact) mass is 465 g/mol. The minimum absolute atomic E-state index is 0.0744. The maximum Gasteiger partial charge on any atom is 0.262 e. The first-order chi connectivity index (χ1) is 14.6. The number of halogens is 1. The predicted molar refractivity (Wildman–Crippen MR) is 117 cm³/mol. The molecule has 0 spiro atoms. The van der Waals surface area contributed by atoms with Gasteiger partial charge in [-0.05, 0) is 52.3 Å². The first-order valence-electron chi connectivity index (χ1n) is 9.06. The van der Waals surface area contributed by atoms with Gasteiger partial charge >= 0.3 is 0 Å². The Labute approximate surface area is 180 Å². The lowest BCUT2D eigenvalue weighted by Crippen LogP contribution is -2.20. The van der Waals surface area contributed by atoms with E-state index in [2.05, 4.69) is 21.2 Å². The third kappa shape index (κ3) is 4.52. The van der Waals surface area contributed by atoms with Crippen molar-refractivity contribution in [3.8, 4) is 17.2 Å². The van der Waals surface area contributed by atoms with Crippen LogP contribution in [0.25, 0.3) is 11.0 Å². The van der Waals surface area contributed by atoms with E-state index in [9.17, 15) is 9.59 Å². The van der Waals surface area contributed by atoms with Crippen molar-refractivity contribution in [2.45, 2.75) is 0 Å². The van der Waals surface area contributed by atoms with Gasteiger partial charge in [-0.15, -0.1) is 0 Å². The highest BCUT2D eigenvalue weighted by molar-refractivity contribution is 9.10. The molecule has 0 unspecified atom stereocenters. The Morgan fingerprint density at radius 1 is 0.967 bits per heavy atom. The van der Waals surface area contributed by atoms with Crippen LogP contribution in [-0.4, -0.2) is 12.5 Å². The molecule has 0 fully saturated rings. The highest BCUT2D eigenvalue weighted by atomic mass is 79.9. The zero-order chi connectivity index (χ0) is 20.9. The Morgan fingerprint density at radius 3 is 2.53 bits per heavy atom. The van der Waals surface area contributed by atoms with Crippen molar-refractivity contribution in [3.05, 3.63) is 93.8 Å². The molecule has 4 aromatic rings. The SMILES string of the molecule is O=C(COc1ccc2c(=O)c(Oc3ccccc3Br)coc2c1)Nc1ccccc1. The Hall–Kier alpha value is -3.58. The molecule has 6 nitrogen and oxygen atoms in total. The molecule has 0 aliphatic rings. The second-order valence-corrected chi connectivity index (χ2v) is 7.18. The molecule has 30 heavy (non-hydrogen) atoms. The number of amides is 1. The van der Waals surface area contributed by atoms with Crippen LogP contribution in [0.1, 0.15) is 0 Å². The molecule has 4 rings (SSSR count). The van der Waals surface area contributed by atoms with E-state index in [1.165, 1.54) is 6.26 Å². The fourth-order valence-electron chi connectivity index (χ4n) is 2.76. The Balaban J connectivity index is 1.47. The minimum Gasteiger partial charge on any atom is -0.484 e. The molecule has 0 radical (unpaired) electrons. The van der Waals surface area contributed by atoms with Crippen LogP contribution in [0.5, 0.6) is 17.2 Å². The summed E-state index contributed by atoms with van der Waals surface area (Å²) in [7, 11) is 0. The number of carbonyl (C=O) groups excluding carboxylic acids is 1. The first kappa shape index (κ1) is 19.7. The van der Waals surface area contributed by atoms with Crippen LogP contribution in [0.15, 0.2) is 92.7 Å². The highest BCUT2D eigenvalue weighted by Gasteiger charge is 2.12. The van der Waals surface area contributed by atoms with Crippen molar-refractivity contribution in [2.75, 3.05) is 11.9 Å². The van der Waals surface area contributed by atoms with E-state index in [-0.39, 0.29) is 23.7 Å². The zero-order valence-corrected chi connectivity index (χ0v) is 17.2. The molecule has 1 amide bonds. The number of rotatable bonds is 6. The summed E-state index contributed by atoms with van der Waals surface area (Å²) in [5, 5.41) is 3.08. The van der Waals surface area contributed by atoms with Gasteiger partial charge in [-0.1, -0.05) is 30.3 Å². The second kappa shape index (κ2) is 8.84. The standard InChI is InChI=1S/C23H16BrNO5/c24-18-8-4-5-9-19(18)30-21-13-29-20-12-16(10-11-17(20)23(21)27)28-14-22(26)25-15-6-2-1-3-7-15/h1-13H,14H2,(H,25,26). The van der Waals surface area contributed by atoms with Gasteiger partial charge in [-0.2, -0.15) is 0 Å². The largest absolute Gasteiger partial charge is 0.484 e. The molecule has 1 heterocycles. The van der Waals surface area contributed by atoms with Crippen molar-refractivity contribution in [1.29, 1.82) is 0 Å². The van der Waals surface area contributed by atoms with E-state index < -0.39 is 0 Å². The summed E-state index contributed by atoms with van der Waals surface area (Å²) in [6.07, 6.45) is 1.26. The molecule has 0 saturated carbocycles. The summed E-state index contributed by atoms with van der Waals surface area (Å²) in [5.41, 5.74) is 0.717. The first-order valence-corrected chi connectivity index (χ1v) is 9.85. The van der Waals surface area contributed by atoms with Crippen molar-refractivity contribution < 1.29 is 18.7 Å². The second-order valence-electron chi connectivity index (χ2n) is 6.32. The summed E-state index contributed by atoms with van der Waals surface area (Å²) in [6, 6.07) is 21.1. The molecular weight excluding hydrogens is 450 g/mol. The zero-order valence-electron chi connectivity index (χ0n) is 15.6. The molecule has 1 aromatic heterocycles. The number of ether oxygens (including phenoxy) is 2. The molecule has 0 aliphatic carbocycles. The van der Waals surface area contributed by atoms with Crippen LogP contribution in [0, 0.1) is 0 Å². The third-order valence-corrected chi connectivity index (χ3v) is 4.85. The fourth-order valence-corrected chi connectivity index (χ4v) is 3.13. The number of hydrogen-bond donors (Lipinski definition) is 1. The maximum absolute atomic E-state index is 12.7. The Bertz CT molecular complexity index is 1250. The van der Waals surface area contributed by atoms with Crippen LogP contribution >= 0.6 is 15.9 Å². The number of carbonyl (C=O) groups is 1. The van der Waals surface area contributed by atoms with Crippen LogP contribution < -0.4 is 20.2 Å². The lowest BCUT2D eigenvalue weighted by Gasteiger charge is -2.09. The molecule has 0 atom stereocenters. The van der Waals surface area contributed by atoms with Crippen molar-refractivity contribution >= 4 is 38.5 Å². The smallest absolute Gasteiger partial charge is 0.262 e. The molecule has 150 valence electrons. The summed E-state index contributed by atoms with van der Waals surface area (Å²) < 4.78 is 17.5. The van der Waals surface area contributed by atoms with Gasteiger partial charge in [-0.25, -0.2) is 0 Å². The van der Waals surface area contributed by atoms with Gasteiger partial charge in [0, 0.05) is 11.8 Å². The lowest BCUT2D eigenvalue weighted by atomic mass is 10.2. The van der Waals surface area contributed by atoms with Crippen LogP contribution in [0.2, 0.25) is 0 Å². The number of benzene rings is 3. The van der Waals surface area contributed by atoms with Gasteiger partial charge in [0.05, 0.1) is 9.86 Å². The van der Waals surface area contributed by atoms with Crippen molar-refractivity contribution in [1.82, 2.24) is 0 Å². The number of anilines is 1. The molecule has 7 heteroatoms. The fraction of sp³-hybridized carbons (Fsp3) is 0.0435. The molecular formula is C23H16BrNO5. The van der Waals surface area contributed by atoms with E-state index in [1.54, 1.807) is 42.5 Å². The highest BCUT2D eigenvalue weighted by Crippen LogP contribution is 2.29. The van der Waals surface area contributed by atoms with E-state index >= 15 is 0 Å². The van der Waals surface area contributed by atoms with E-state index in [4.69, 9.17) is 13.9 Å². The minimum atomic E-state index is -0.305. The number of para-hydroxylation sites is 2. The molecule has 3 aromatic carbocycles. The third-order valence-electron chi connectivity index (χ3n) is 4.20. The van der Waals surface area contributed by atoms with Gasteiger partial charge in [0.1, 0.15) is 23.3 Å². The van der Waals surface area contributed by atoms with Gasteiger partial charge in [0.25, 0.3) is 5.91 Å². The summed E-state index contributed by atoms with van der Waals surface area (Å²) in [5.74, 6) is 0.701. The number of hydrogen-bond acceptors (Lipinski definition) is 5. The lowest BCUT2D eigenvalue weighted by molar-refractivity contribution is -0.118. The quantitative estimate of drug-likeness (QED) is 0.414. The number of fused-ring (bicyclic) bond motifs is 1. The summed E-state index contributed by atoms with van der Waals surface area (Å²) in [4.78, 5) is 24.7. The maximum atomic E-state index is 12.7. The predicted octanol–water partition coefficient (Wildman–Crippen LogP) is 5.37. The van der Waals surface area contributed by atoms with Crippen LogP contribution in [-0.2, 0) is 4.79 Å². The normalized spacial score (nSPS) is 10.6. The summed E-state index contributed by atoms with van der Waals surface area (Å²) in [6.45, 7) is -0.173. The van der Waals surface area contributed by atoms with Gasteiger partial charge in [0.2, 0.25) is 11.2 Å². The number of nitrogens with one attached hydrogen (secondary N) is 1. The average molecular weight is 466 g/mol. The van der Waals surface area contributed by atoms with Gasteiger partial charge in [-0.3, -0.25) is 9.59 Å². The van der Waals surface area contributed by atoms with Crippen molar-refractivity contribution in [3.63, 3.8) is 0 Å².